The Balaban J connectivity index is 1.28. The standard InChI is InChI=1S/C20H32N2O2/c23-19(21-9-3-1-2-4-10-21)16-7-11-22(12-8-16)20(24)18-14-15-5-6-17(18)13-15/h15-18H,1-14H2/t15-,17-,18-/m0/s1. The summed E-state index contributed by atoms with van der Waals surface area (Å²) in [6.07, 6.45) is 11.6. The molecule has 2 aliphatic carbocycles. The van der Waals surface area contributed by atoms with E-state index in [2.05, 4.69) is 9.80 Å². The Bertz CT molecular complexity index is 476. The van der Waals surface area contributed by atoms with Crippen molar-refractivity contribution in [3.63, 3.8) is 0 Å². The Morgan fingerprint density at radius 2 is 1.33 bits per heavy atom. The molecule has 2 amide bonds. The van der Waals surface area contributed by atoms with Crippen LogP contribution in [0.3, 0.4) is 0 Å². The Labute approximate surface area is 145 Å². The van der Waals surface area contributed by atoms with Crippen molar-refractivity contribution < 1.29 is 9.59 Å². The van der Waals surface area contributed by atoms with Crippen LogP contribution in [-0.4, -0.2) is 47.8 Å². The van der Waals surface area contributed by atoms with E-state index in [1.807, 2.05) is 0 Å². The smallest absolute Gasteiger partial charge is 0.225 e. The predicted molar refractivity (Wildman–Crippen MR) is 93.3 cm³/mol. The minimum Gasteiger partial charge on any atom is -0.342 e. The average Bonchev–Trinajstić information content (AvgIpc) is 3.15. The zero-order chi connectivity index (χ0) is 16.5. The second-order valence-electron chi connectivity index (χ2n) is 8.62. The molecule has 24 heavy (non-hydrogen) atoms. The molecule has 0 aromatic heterocycles. The number of hydrogen-bond donors (Lipinski definition) is 0. The molecule has 3 atom stereocenters. The van der Waals surface area contributed by atoms with Crippen LogP contribution in [0, 0.1) is 23.7 Å². The molecule has 2 aliphatic heterocycles. The van der Waals surface area contributed by atoms with Gasteiger partial charge in [0.15, 0.2) is 0 Å². The summed E-state index contributed by atoms with van der Waals surface area (Å²) in [6.45, 7) is 3.50. The first-order valence-electron chi connectivity index (χ1n) is 10.3. The second kappa shape index (κ2) is 7.05. The summed E-state index contributed by atoms with van der Waals surface area (Å²) in [5, 5.41) is 0. The number of piperidine rings is 1. The van der Waals surface area contributed by atoms with Crippen LogP contribution in [0.2, 0.25) is 0 Å². The van der Waals surface area contributed by atoms with Gasteiger partial charge in [-0.15, -0.1) is 0 Å². The van der Waals surface area contributed by atoms with E-state index in [4.69, 9.17) is 0 Å². The molecule has 0 radical (unpaired) electrons. The second-order valence-corrected chi connectivity index (χ2v) is 8.62. The summed E-state index contributed by atoms with van der Waals surface area (Å²) < 4.78 is 0. The van der Waals surface area contributed by atoms with Crippen LogP contribution in [0.1, 0.15) is 64.2 Å². The predicted octanol–water partition coefficient (Wildman–Crippen LogP) is 3.06. The summed E-state index contributed by atoms with van der Waals surface area (Å²) in [4.78, 5) is 29.8. The van der Waals surface area contributed by atoms with Gasteiger partial charge in [0.2, 0.25) is 11.8 Å². The normalized spacial score (nSPS) is 34.4. The number of rotatable bonds is 2. The van der Waals surface area contributed by atoms with Crippen LogP contribution in [0.5, 0.6) is 0 Å². The maximum Gasteiger partial charge on any atom is 0.225 e. The molecule has 4 fully saturated rings. The van der Waals surface area contributed by atoms with Crippen LogP contribution in [0.4, 0.5) is 0 Å². The maximum absolute atomic E-state index is 12.8. The summed E-state index contributed by atoms with van der Waals surface area (Å²) in [5.41, 5.74) is 0. The number of likely N-dealkylation sites (tertiary alicyclic amines) is 2. The van der Waals surface area contributed by atoms with Gasteiger partial charge < -0.3 is 9.80 Å². The first kappa shape index (κ1) is 16.4. The van der Waals surface area contributed by atoms with Crippen LogP contribution in [-0.2, 0) is 9.59 Å². The van der Waals surface area contributed by atoms with Gasteiger partial charge in [0.25, 0.3) is 0 Å². The third-order valence-electron chi connectivity index (χ3n) is 7.13. The van der Waals surface area contributed by atoms with Crippen molar-refractivity contribution in [2.24, 2.45) is 23.7 Å². The van der Waals surface area contributed by atoms with Crippen molar-refractivity contribution in [3.8, 4) is 0 Å². The lowest BCUT2D eigenvalue weighted by atomic mass is 9.86. The van der Waals surface area contributed by atoms with E-state index in [1.165, 1.54) is 32.1 Å². The highest BCUT2D eigenvalue weighted by Gasteiger charge is 2.45. The fourth-order valence-corrected chi connectivity index (χ4v) is 5.68. The minimum absolute atomic E-state index is 0.159. The molecule has 4 heteroatoms. The molecule has 2 bridgehead atoms. The van der Waals surface area contributed by atoms with Crippen LogP contribution in [0.15, 0.2) is 0 Å². The van der Waals surface area contributed by atoms with Crippen molar-refractivity contribution in [2.45, 2.75) is 64.2 Å². The van der Waals surface area contributed by atoms with Gasteiger partial charge >= 0.3 is 0 Å². The van der Waals surface area contributed by atoms with Gasteiger partial charge in [-0.25, -0.2) is 0 Å². The molecule has 0 aromatic carbocycles. The van der Waals surface area contributed by atoms with Crippen molar-refractivity contribution in [2.75, 3.05) is 26.2 Å². The molecule has 0 N–H and O–H groups in total. The van der Waals surface area contributed by atoms with Gasteiger partial charge in [0.05, 0.1) is 0 Å². The van der Waals surface area contributed by atoms with Crippen LogP contribution >= 0.6 is 0 Å². The molecule has 4 rings (SSSR count). The number of carbonyl (C=O) groups excluding carboxylic acids is 2. The summed E-state index contributed by atoms with van der Waals surface area (Å²) in [6, 6.07) is 0. The molecule has 2 saturated carbocycles. The third-order valence-corrected chi connectivity index (χ3v) is 7.13. The lowest BCUT2D eigenvalue weighted by molar-refractivity contribution is -0.143. The Kier molecular flexibility index (Phi) is 4.82. The minimum atomic E-state index is 0.159. The van der Waals surface area contributed by atoms with Crippen molar-refractivity contribution in [1.82, 2.24) is 9.80 Å². The highest BCUT2D eigenvalue weighted by Crippen LogP contribution is 2.49. The Morgan fingerprint density at radius 1 is 0.667 bits per heavy atom. The fraction of sp³-hybridized carbons (Fsp3) is 0.900. The molecule has 4 aliphatic rings. The molecule has 0 unspecified atom stereocenters. The van der Waals surface area contributed by atoms with E-state index in [9.17, 15) is 9.59 Å². The zero-order valence-corrected chi connectivity index (χ0v) is 14.9. The van der Waals surface area contributed by atoms with E-state index >= 15 is 0 Å². The van der Waals surface area contributed by atoms with Gasteiger partial charge in [-0.2, -0.15) is 0 Å². The van der Waals surface area contributed by atoms with Crippen molar-refractivity contribution in [3.05, 3.63) is 0 Å². The summed E-state index contributed by atoms with van der Waals surface area (Å²) in [5.74, 6) is 2.73. The number of fused-ring (bicyclic) bond motifs is 2. The van der Waals surface area contributed by atoms with Crippen LogP contribution < -0.4 is 0 Å². The van der Waals surface area contributed by atoms with Crippen LogP contribution in [0.25, 0.3) is 0 Å². The van der Waals surface area contributed by atoms with Gasteiger partial charge in [0, 0.05) is 38.0 Å². The zero-order valence-electron chi connectivity index (χ0n) is 14.9. The first-order chi connectivity index (χ1) is 11.7. The Hall–Kier alpha value is -1.06. The monoisotopic (exact) mass is 332 g/mol. The SMILES string of the molecule is O=C(C1CCN(C(=O)[C@H]2C[C@H]3CC[C@H]2C3)CC1)N1CCCCCC1. The Morgan fingerprint density at radius 3 is 1.92 bits per heavy atom. The maximum atomic E-state index is 12.8. The molecule has 134 valence electrons. The van der Waals surface area contributed by atoms with E-state index < -0.39 is 0 Å². The fourth-order valence-electron chi connectivity index (χ4n) is 5.68. The van der Waals surface area contributed by atoms with Gasteiger partial charge in [-0.1, -0.05) is 19.3 Å². The first-order valence-corrected chi connectivity index (χ1v) is 10.3. The number of nitrogens with zero attached hydrogens (tertiary/aromatic N) is 2. The lowest BCUT2D eigenvalue weighted by Crippen LogP contribution is -2.46. The number of carbonyl (C=O) groups is 2. The summed E-state index contributed by atoms with van der Waals surface area (Å²) >= 11 is 0. The number of amides is 2. The van der Waals surface area contributed by atoms with E-state index in [1.54, 1.807) is 0 Å². The van der Waals surface area contributed by atoms with E-state index in [-0.39, 0.29) is 5.92 Å². The average molecular weight is 332 g/mol. The highest BCUT2D eigenvalue weighted by atomic mass is 16.2. The number of hydrogen-bond acceptors (Lipinski definition) is 2. The van der Waals surface area contributed by atoms with E-state index in [0.29, 0.717) is 23.7 Å². The molecule has 2 heterocycles. The largest absolute Gasteiger partial charge is 0.342 e. The third kappa shape index (κ3) is 3.21. The molecule has 0 spiro atoms. The summed E-state index contributed by atoms with van der Waals surface area (Å²) in [7, 11) is 0. The highest BCUT2D eigenvalue weighted by molar-refractivity contribution is 5.81. The lowest BCUT2D eigenvalue weighted by Gasteiger charge is -2.36. The molecule has 0 aromatic rings. The van der Waals surface area contributed by atoms with Gasteiger partial charge in [0.1, 0.15) is 0 Å². The van der Waals surface area contributed by atoms with Crippen molar-refractivity contribution >= 4 is 11.8 Å². The molecule has 2 saturated heterocycles. The van der Waals surface area contributed by atoms with Crippen molar-refractivity contribution in [1.29, 1.82) is 0 Å². The molecular formula is C20H32N2O2. The molecular weight excluding hydrogens is 300 g/mol. The van der Waals surface area contributed by atoms with E-state index in [0.717, 1.165) is 64.2 Å². The quantitative estimate of drug-likeness (QED) is 0.780. The molecule has 4 nitrogen and oxygen atoms in total. The topological polar surface area (TPSA) is 40.6 Å². The van der Waals surface area contributed by atoms with Gasteiger partial charge in [-0.05, 0) is 56.8 Å². The van der Waals surface area contributed by atoms with Gasteiger partial charge in [-0.3, -0.25) is 9.59 Å².